The standard InChI is InChI=1S/C10H12BrF3N2O/c11-7-1-2-8(15)9(5-7)16-3-4-17-6-10(12,13)14/h1-2,5,16H,3-4,6,15H2. The molecule has 0 spiro atoms. The first-order chi connectivity index (χ1) is 7.88. The fraction of sp³-hybridized carbons (Fsp3) is 0.400. The molecule has 0 saturated heterocycles. The van der Waals surface area contributed by atoms with E-state index in [1.165, 1.54) is 0 Å². The summed E-state index contributed by atoms with van der Waals surface area (Å²) < 4.78 is 40.5. The summed E-state index contributed by atoms with van der Waals surface area (Å²) in [6.07, 6.45) is -4.28. The van der Waals surface area contributed by atoms with Crippen molar-refractivity contribution in [2.75, 3.05) is 30.8 Å². The molecule has 1 rings (SSSR count). The van der Waals surface area contributed by atoms with Crippen LogP contribution in [0.1, 0.15) is 0 Å². The van der Waals surface area contributed by atoms with Gasteiger partial charge in [-0.3, -0.25) is 0 Å². The molecule has 0 aromatic heterocycles. The van der Waals surface area contributed by atoms with Gasteiger partial charge in [-0.15, -0.1) is 0 Å². The number of hydrogen-bond donors (Lipinski definition) is 2. The largest absolute Gasteiger partial charge is 0.411 e. The van der Waals surface area contributed by atoms with E-state index in [1.807, 2.05) is 0 Å². The van der Waals surface area contributed by atoms with Crippen LogP contribution in [0.25, 0.3) is 0 Å². The fourth-order valence-electron chi connectivity index (χ4n) is 1.13. The Bertz CT molecular complexity index is 371. The van der Waals surface area contributed by atoms with Crippen LogP contribution in [0.3, 0.4) is 0 Å². The van der Waals surface area contributed by atoms with Crippen LogP contribution < -0.4 is 11.1 Å². The Morgan fingerprint density at radius 2 is 2.06 bits per heavy atom. The molecule has 0 bridgehead atoms. The average Bonchev–Trinajstić information content (AvgIpc) is 2.21. The highest BCUT2D eigenvalue weighted by atomic mass is 79.9. The zero-order valence-electron chi connectivity index (χ0n) is 8.85. The lowest BCUT2D eigenvalue weighted by Gasteiger charge is -2.11. The molecule has 0 atom stereocenters. The Hall–Kier alpha value is -0.950. The first-order valence-electron chi connectivity index (χ1n) is 4.82. The highest BCUT2D eigenvalue weighted by Gasteiger charge is 2.27. The molecule has 0 saturated carbocycles. The van der Waals surface area contributed by atoms with Crippen LogP contribution in [-0.2, 0) is 4.74 Å². The van der Waals surface area contributed by atoms with Crippen LogP contribution in [0.2, 0.25) is 0 Å². The summed E-state index contributed by atoms with van der Waals surface area (Å²) in [5, 5.41) is 2.89. The highest BCUT2D eigenvalue weighted by Crippen LogP contribution is 2.22. The summed E-state index contributed by atoms with van der Waals surface area (Å²) in [5.41, 5.74) is 6.86. The smallest absolute Gasteiger partial charge is 0.397 e. The number of hydrogen-bond acceptors (Lipinski definition) is 3. The lowest BCUT2D eigenvalue weighted by molar-refractivity contribution is -0.172. The average molecular weight is 313 g/mol. The van der Waals surface area contributed by atoms with Crippen molar-refractivity contribution >= 4 is 27.3 Å². The number of benzene rings is 1. The van der Waals surface area contributed by atoms with Crippen molar-refractivity contribution in [1.29, 1.82) is 0 Å². The van der Waals surface area contributed by atoms with Crippen LogP contribution in [0.4, 0.5) is 24.5 Å². The van der Waals surface area contributed by atoms with E-state index in [4.69, 9.17) is 5.73 Å². The van der Waals surface area contributed by atoms with Crippen molar-refractivity contribution < 1.29 is 17.9 Å². The second kappa shape index (κ2) is 6.11. The van der Waals surface area contributed by atoms with Gasteiger partial charge < -0.3 is 15.8 Å². The van der Waals surface area contributed by atoms with Gasteiger partial charge in [0.1, 0.15) is 6.61 Å². The van der Waals surface area contributed by atoms with E-state index in [9.17, 15) is 13.2 Å². The van der Waals surface area contributed by atoms with Crippen molar-refractivity contribution in [3.63, 3.8) is 0 Å². The maximum Gasteiger partial charge on any atom is 0.411 e. The maximum atomic E-state index is 11.8. The molecule has 0 aliphatic heterocycles. The molecule has 0 unspecified atom stereocenters. The van der Waals surface area contributed by atoms with Gasteiger partial charge in [-0.05, 0) is 18.2 Å². The SMILES string of the molecule is Nc1ccc(Br)cc1NCCOCC(F)(F)F. The van der Waals surface area contributed by atoms with E-state index >= 15 is 0 Å². The van der Waals surface area contributed by atoms with Crippen LogP contribution in [0.15, 0.2) is 22.7 Å². The zero-order chi connectivity index (χ0) is 12.9. The van der Waals surface area contributed by atoms with Gasteiger partial charge in [0.05, 0.1) is 18.0 Å². The van der Waals surface area contributed by atoms with Crippen molar-refractivity contribution in [3.8, 4) is 0 Å². The number of nitrogens with two attached hydrogens (primary N) is 1. The third-order valence-electron chi connectivity index (χ3n) is 1.84. The van der Waals surface area contributed by atoms with E-state index < -0.39 is 12.8 Å². The van der Waals surface area contributed by atoms with Crippen molar-refractivity contribution in [1.82, 2.24) is 0 Å². The monoisotopic (exact) mass is 312 g/mol. The second-order valence-corrected chi connectivity index (χ2v) is 4.24. The molecule has 17 heavy (non-hydrogen) atoms. The quantitative estimate of drug-likeness (QED) is 0.649. The maximum absolute atomic E-state index is 11.8. The Labute approximate surface area is 105 Å². The summed E-state index contributed by atoms with van der Waals surface area (Å²) in [7, 11) is 0. The molecule has 1 aromatic carbocycles. The molecular weight excluding hydrogens is 301 g/mol. The molecule has 3 N–H and O–H groups in total. The van der Waals surface area contributed by atoms with Crippen LogP contribution in [0, 0.1) is 0 Å². The molecule has 0 fully saturated rings. The first kappa shape index (κ1) is 14.1. The Balaban J connectivity index is 2.29. The van der Waals surface area contributed by atoms with Crippen LogP contribution in [-0.4, -0.2) is 25.9 Å². The van der Waals surface area contributed by atoms with Gasteiger partial charge in [-0.25, -0.2) is 0 Å². The molecule has 7 heteroatoms. The van der Waals surface area contributed by atoms with Crippen LogP contribution >= 0.6 is 15.9 Å². The lowest BCUT2D eigenvalue weighted by Crippen LogP contribution is -2.20. The van der Waals surface area contributed by atoms with Crippen molar-refractivity contribution in [3.05, 3.63) is 22.7 Å². The van der Waals surface area contributed by atoms with E-state index in [0.717, 1.165) is 4.47 Å². The van der Waals surface area contributed by atoms with Crippen LogP contribution in [0.5, 0.6) is 0 Å². The minimum Gasteiger partial charge on any atom is -0.397 e. The van der Waals surface area contributed by atoms with Gasteiger partial charge in [0, 0.05) is 11.0 Å². The number of halogens is 4. The van der Waals surface area contributed by atoms with Gasteiger partial charge in [0.25, 0.3) is 0 Å². The normalized spacial score (nSPS) is 11.5. The molecular formula is C10H12BrF3N2O. The molecule has 0 amide bonds. The summed E-state index contributed by atoms with van der Waals surface area (Å²) >= 11 is 3.27. The van der Waals surface area contributed by atoms with Crippen molar-refractivity contribution in [2.45, 2.75) is 6.18 Å². The van der Waals surface area contributed by atoms with Gasteiger partial charge >= 0.3 is 6.18 Å². The number of nitrogen functional groups attached to an aromatic ring is 1. The number of alkyl halides is 3. The van der Waals surface area contributed by atoms with Gasteiger partial charge in [-0.1, -0.05) is 15.9 Å². The minimum absolute atomic E-state index is 0.0362. The number of anilines is 2. The highest BCUT2D eigenvalue weighted by molar-refractivity contribution is 9.10. The lowest BCUT2D eigenvalue weighted by atomic mass is 10.3. The number of ether oxygens (including phenoxy) is 1. The number of nitrogens with one attached hydrogen (secondary N) is 1. The molecule has 1 aromatic rings. The Kier molecular flexibility index (Phi) is 5.07. The molecule has 0 aliphatic rings. The van der Waals surface area contributed by atoms with Crippen molar-refractivity contribution in [2.24, 2.45) is 0 Å². The summed E-state index contributed by atoms with van der Waals surface area (Å²) in [4.78, 5) is 0. The third-order valence-corrected chi connectivity index (χ3v) is 2.34. The van der Waals surface area contributed by atoms with Gasteiger partial charge in [0.15, 0.2) is 0 Å². The minimum atomic E-state index is -4.28. The molecule has 0 radical (unpaired) electrons. The Morgan fingerprint density at radius 3 is 2.71 bits per heavy atom. The van der Waals surface area contributed by atoms with E-state index in [-0.39, 0.29) is 13.2 Å². The molecule has 0 heterocycles. The summed E-state index contributed by atoms with van der Waals surface area (Å²) in [5.74, 6) is 0. The summed E-state index contributed by atoms with van der Waals surface area (Å²) in [6.45, 7) is -1.01. The van der Waals surface area contributed by atoms with E-state index in [0.29, 0.717) is 11.4 Å². The number of rotatable bonds is 5. The molecule has 3 nitrogen and oxygen atoms in total. The van der Waals surface area contributed by atoms with E-state index in [1.54, 1.807) is 18.2 Å². The fourth-order valence-corrected chi connectivity index (χ4v) is 1.49. The van der Waals surface area contributed by atoms with E-state index in [2.05, 4.69) is 26.0 Å². The topological polar surface area (TPSA) is 47.3 Å². The molecule has 0 aliphatic carbocycles. The van der Waals surface area contributed by atoms with Gasteiger partial charge in [0.2, 0.25) is 0 Å². The Morgan fingerprint density at radius 1 is 1.35 bits per heavy atom. The summed E-state index contributed by atoms with van der Waals surface area (Å²) in [6, 6.07) is 5.22. The predicted octanol–water partition coefficient (Wildman–Crippen LogP) is 3.02. The predicted molar refractivity (Wildman–Crippen MR) is 63.9 cm³/mol. The third kappa shape index (κ3) is 5.78. The van der Waals surface area contributed by atoms with Gasteiger partial charge in [-0.2, -0.15) is 13.2 Å². The zero-order valence-corrected chi connectivity index (χ0v) is 10.4. The second-order valence-electron chi connectivity index (χ2n) is 3.33. The first-order valence-corrected chi connectivity index (χ1v) is 5.61. The molecule has 96 valence electrons.